The molecule has 3 unspecified atom stereocenters. The average Bonchev–Trinajstić information content (AvgIpc) is 1.35. The lowest BCUT2D eigenvalue weighted by Gasteiger charge is -2.60. The zero-order valence-electron chi connectivity index (χ0n) is 56.3. The monoisotopic (exact) mass is 1300 g/mol. The Hall–Kier alpha value is -1.82. The highest BCUT2D eigenvalue weighted by Gasteiger charge is 2.75. The van der Waals surface area contributed by atoms with Crippen LogP contribution in [0.2, 0.25) is 0 Å². The molecule has 0 aromatic heterocycles. The molecule has 0 amide bonds. The Labute approximate surface area is 541 Å². The number of rotatable bonds is 15. The molecule has 92 heavy (non-hydrogen) atoms. The van der Waals surface area contributed by atoms with Gasteiger partial charge in [0.15, 0.2) is 66.4 Å². The van der Waals surface area contributed by atoms with E-state index in [0.717, 1.165) is 77.0 Å². The number of fused-ring (bicyclic) bond motifs is 8. The summed E-state index contributed by atoms with van der Waals surface area (Å²) in [6.07, 6.45) is 6.51. The second-order valence-electron chi connectivity index (χ2n) is 33.2. The number of hydrogen-bond acceptors (Lipinski definition) is 23. The van der Waals surface area contributed by atoms with E-state index in [1.807, 2.05) is 34.6 Å². The van der Waals surface area contributed by atoms with Crippen molar-refractivity contribution in [2.45, 2.75) is 295 Å². The predicted molar refractivity (Wildman–Crippen MR) is 314 cm³/mol. The molecule has 20 rings (SSSR count). The van der Waals surface area contributed by atoms with E-state index >= 15 is 0 Å². The smallest absolute Gasteiger partial charge is 0.308 e. The highest BCUT2D eigenvalue weighted by molar-refractivity contribution is 5.77. The first-order valence-corrected chi connectivity index (χ1v) is 35.9. The molecule has 16 saturated heterocycles. The van der Waals surface area contributed by atoms with Crippen molar-refractivity contribution in [3.63, 3.8) is 0 Å². The Morgan fingerprint density at radius 1 is 0.348 bits per heavy atom. The molecule has 23 heteroatoms. The summed E-state index contributed by atoms with van der Waals surface area (Å²) >= 11 is 0. The Balaban J connectivity index is 0.693. The van der Waals surface area contributed by atoms with Gasteiger partial charge in [0.2, 0.25) is 29.4 Å². The first-order chi connectivity index (χ1) is 43.9. The minimum atomic E-state index is -1.29. The fourth-order valence-corrected chi connectivity index (χ4v) is 21.9. The lowest BCUT2D eigenvalue weighted by molar-refractivity contribution is -0.578. The molecule has 518 valence electrons. The van der Waals surface area contributed by atoms with Crippen LogP contribution in [-0.2, 0) is 110 Å². The van der Waals surface area contributed by atoms with Crippen LogP contribution in [0.5, 0.6) is 0 Å². The van der Waals surface area contributed by atoms with E-state index in [9.17, 15) is 9.59 Å². The quantitative estimate of drug-likeness (QED) is 0.110. The summed E-state index contributed by atoms with van der Waals surface area (Å²) in [4.78, 5) is 79.4. The van der Waals surface area contributed by atoms with E-state index < -0.39 is 113 Å². The van der Waals surface area contributed by atoms with Crippen molar-refractivity contribution in [2.75, 3.05) is 26.4 Å². The third-order valence-corrected chi connectivity index (χ3v) is 27.4. The van der Waals surface area contributed by atoms with E-state index in [1.165, 1.54) is 0 Å². The van der Waals surface area contributed by atoms with Crippen LogP contribution < -0.4 is 0 Å². The Bertz CT molecular complexity index is 2580. The molecule has 0 radical (unpaired) electrons. The highest BCUT2D eigenvalue weighted by Crippen LogP contribution is 2.66. The summed E-state index contributed by atoms with van der Waals surface area (Å²) in [6.45, 7) is 24.7. The topological polar surface area (TPSA) is 228 Å². The summed E-state index contributed by atoms with van der Waals surface area (Å²) in [7, 11) is 0. The molecule has 32 atom stereocenters. The summed E-state index contributed by atoms with van der Waals surface area (Å²) in [5.41, 5.74) is -4.63. The normalized spacial score (nSPS) is 56.4. The van der Waals surface area contributed by atoms with E-state index in [-0.39, 0.29) is 110 Å². The third kappa shape index (κ3) is 9.98. The summed E-state index contributed by atoms with van der Waals surface area (Å²) in [5.74, 6) is -4.25. The molecule has 20 aliphatic rings. The zero-order valence-corrected chi connectivity index (χ0v) is 56.3. The van der Waals surface area contributed by atoms with Crippen LogP contribution in [0.15, 0.2) is 0 Å². The maximum atomic E-state index is 14.6. The van der Waals surface area contributed by atoms with Crippen LogP contribution in [0, 0.1) is 100 Å². The maximum absolute atomic E-state index is 14.6. The average molecular weight is 1300 g/mol. The van der Waals surface area contributed by atoms with Crippen molar-refractivity contribution < 1.29 is 110 Å². The molecule has 0 aromatic carbocycles. The summed E-state index contributed by atoms with van der Waals surface area (Å²) in [6, 6.07) is 0. The zero-order chi connectivity index (χ0) is 63.9. The largest absolute Gasteiger partial charge is 0.465 e. The second-order valence-corrected chi connectivity index (χ2v) is 33.2. The number of carbonyl (C=O) groups is 2. The van der Waals surface area contributed by atoms with Crippen molar-refractivity contribution in [1.29, 1.82) is 0 Å². The predicted octanol–water partition coefficient (Wildman–Crippen LogP) is 10.7. The molecule has 0 aromatic rings. The van der Waals surface area contributed by atoms with Gasteiger partial charge in [-0.1, -0.05) is 55.4 Å². The van der Waals surface area contributed by atoms with Crippen LogP contribution in [-0.4, -0.2) is 134 Å². The van der Waals surface area contributed by atoms with Gasteiger partial charge in [-0.05, 0) is 152 Å². The Morgan fingerprint density at radius 3 is 0.946 bits per heavy atom. The minimum Gasteiger partial charge on any atom is -0.465 e. The lowest BCUT2D eigenvalue weighted by Crippen LogP contribution is -2.71. The molecule has 8 bridgehead atoms. The second kappa shape index (κ2) is 23.1. The van der Waals surface area contributed by atoms with Gasteiger partial charge in [-0.2, -0.15) is 0 Å². The molecule has 20 fully saturated rings. The van der Waals surface area contributed by atoms with Crippen molar-refractivity contribution in [2.24, 2.45) is 100 Å². The SMILES string of the molecule is C[C@H]1[C@H](OC(=O)CCC(=O)OCC(COC2O[C@@H]3O[C@@]4(C)CC[C@H]5[C@H](C)CC[C@@H]([C@H]2C)[C@@]35OO4)(COC2O[C@@H]3O[C@@]4(C)CC[C@H]5[C@H](C)CC[C@@H]([C@H]2C)[C@@]35OO4)COC2O[C@@H]3O[C@]4(C)CC[C@H]5[C@H](C)CC[C@@H]([C@H]2C)[C@@]35OO4)O[C@@H]2O[C@]3(C)CC[C@H]4[C@H](C)CC[C@@H]1[C@@]24OO3. The fourth-order valence-electron chi connectivity index (χ4n) is 21.9. The maximum Gasteiger partial charge on any atom is 0.308 e. The Kier molecular flexibility index (Phi) is 16.3. The van der Waals surface area contributed by atoms with Gasteiger partial charge < -0.3 is 61.6 Å². The Morgan fingerprint density at radius 2 is 0.630 bits per heavy atom. The van der Waals surface area contributed by atoms with Gasteiger partial charge in [-0.3, -0.25) is 9.59 Å². The molecule has 0 N–H and O–H groups in total. The standard InChI is InChI=1S/C69H104O23/c1-35-13-17-47-39(5)53(77-57-66(47)43(35)23-27-61(9,81-57)85-89-66)73-32-65(33-74-54-40(6)48-18-14-36(2)44-24-28-62(10)82-58(78-54)67(44,48)90-86-62,34-75-55-41(7)49-19-15-37(3)45-25-29-63(11)83-59(79-55)68(45,49)91-87-63)31-72-51(70)21-22-52(71)76-56-42(8)50-20-16-38(4)46-26-30-64(12)84-60(80-56)69(46,50)92-88-64/h35-50,53-60H,13-34H2,1-12H3/t35-,36-,37-,38-,39-,40-,41-,42-,43+,44+,45+,46+,47+,48+,49+,50+,53?,54?,55?,56-,57-,58-,59-,60-,61-,62-,63+,64+,65?,66-,67-,68-,69-/m1/s1. The number of esters is 2. The van der Waals surface area contributed by atoms with Crippen molar-refractivity contribution >= 4 is 11.9 Å². The minimum absolute atomic E-state index is 0.0379. The van der Waals surface area contributed by atoms with Gasteiger partial charge >= 0.3 is 11.9 Å². The van der Waals surface area contributed by atoms with Crippen LogP contribution in [0.25, 0.3) is 0 Å². The lowest BCUT2D eigenvalue weighted by atomic mass is 9.58. The van der Waals surface area contributed by atoms with Gasteiger partial charge in [0, 0.05) is 73.0 Å². The van der Waals surface area contributed by atoms with Crippen LogP contribution >= 0.6 is 0 Å². The highest BCUT2D eigenvalue weighted by atomic mass is 17.3. The molecule has 16 heterocycles. The van der Waals surface area contributed by atoms with Gasteiger partial charge in [0.1, 0.15) is 6.61 Å². The number of carbonyl (C=O) groups excluding carboxylic acids is 2. The molecule has 16 aliphatic heterocycles. The van der Waals surface area contributed by atoms with Gasteiger partial charge in [-0.15, -0.1) is 0 Å². The molecule has 4 saturated carbocycles. The molecular formula is C69H104O23. The third-order valence-electron chi connectivity index (χ3n) is 27.4. The van der Waals surface area contributed by atoms with E-state index in [0.29, 0.717) is 49.4 Å². The molecule has 23 nitrogen and oxygen atoms in total. The van der Waals surface area contributed by atoms with Crippen LogP contribution in [0.4, 0.5) is 0 Å². The van der Waals surface area contributed by atoms with Crippen molar-refractivity contribution in [1.82, 2.24) is 0 Å². The summed E-state index contributed by atoms with van der Waals surface area (Å²) < 4.78 is 89.3. The van der Waals surface area contributed by atoms with Gasteiger partial charge in [0.25, 0.3) is 0 Å². The summed E-state index contributed by atoms with van der Waals surface area (Å²) in [5, 5.41) is 0. The fraction of sp³-hybridized carbons (Fsp3) is 0.971. The number of hydrogen-bond donors (Lipinski definition) is 0. The molecule has 4 spiro atoms. The van der Waals surface area contributed by atoms with Crippen molar-refractivity contribution in [3.05, 3.63) is 0 Å². The number of ether oxygens (including phenoxy) is 13. The van der Waals surface area contributed by atoms with Crippen molar-refractivity contribution in [3.8, 4) is 0 Å². The first-order valence-electron chi connectivity index (χ1n) is 35.9. The van der Waals surface area contributed by atoms with Crippen LogP contribution in [0.3, 0.4) is 0 Å². The van der Waals surface area contributed by atoms with E-state index in [4.69, 9.17) is 101 Å². The first kappa shape index (κ1) is 64.8. The molecule has 4 aliphatic carbocycles. The van der Waals surface area contributed by atoms with E-state index in [1.54, 1.807) is 0 Å². The molecular weight excluding hydrogens is 1200 g/mol. The van der Waals surface area contributed by atoms with E-state index in [2.05, 4.69) is 48.5 Å². The van der Waals surface area contributed by atoms with Crippen LogP contribution in [0.1, 0.15) is 199 Å². The van der Waals surface area contributed by atoms with Gasteiger partial charge in [0.05, 0.1) is 38.1 Å². The van der Waals surface area contributed by atoms with Gasteiger partial charge in [-0.25, -0.2) is 39.1 Å².